The molecule has 1 heterocycles. The van der Waals surface area contributed by atoms with E-state index < -0.39 is 0 Å². The molecule has 1 aliphatic carbocycles. The number of benzene rings is 1. The predicted octanol–water partition coefficient (Wildman–Crippen LogP) is 7.65. The Bertz CT molecular complexity index is 583. The highest BCUT2D eigenvalue weighted by atomic mass is 15.2. The molecule has 1 atom stereocenters. The van der Waals surface area contributed by atoms with Crippen molar-refractivity contribution < 1.29 is 0 Å². The number of hydrogen-bond acceptors (Lipinski definition) is 1. The van der Waals surface area contributed by atoms with E-state index >= 15 is 0 Å². The van der Waals surface area contributed by atoms with Gasteiger partial charge in [-0.3, -0.25) is 4.99 Å². The van der Waals surface area contributed by atoms with Crippen LogP contribution in [-0.4, -0.2) is 23.8 Å². The molecule has 0 amide bonds. The lowest BCUT2D eigenvalue weighted by Crippen LogP contribution is -2.31. The fraction of sp³-hybridized carbons (Fsp3) is 0.731. The Labute approximate surface area is 173 Å². The number of likely N-dealkylation sites (tertiary alicyclic amines) is 1. The van der Waals surface area contributed by atoms with Crippen LogP contribution in [0.4, 0.5) is 0 Å². The second kappa shape index (κ2) is 11.6. The van der Waals surface area contributed by atoms with Gasteiger partial charge in [0.2, 0.25) is 0 Å². The highest BCUT2D eigenvalue weighted by Gasteiger charge is 2.19. The van der Waals surface area contributed by atoms with Gasteiger partial charge in [-0.1, -0.05) is 76.6 Å². The summed E-state index contributed by atoms with van der Waals surface area (Å²) in [7, 11) is 0. The Morgan fingerprint density at radius 2 is 1.68 bits per heavy atom. The molecule has 28 heavy (non-hydrogen) atoms. The van der Waals surface area contributed by atoms with Crippen molar-refractivity contribution in [3.63, 3.8) is 0 Å². The van der Waals surface area contributed by atoms with Gasteiger partial charge in [-0.25, -0.2) is 0 Å². The van der Waals surface area contributed by atoms with Crippen LogP contribution in [0.1, 0.15) is 120 Å². The van der Waals surface area contributed by atoms with Crippen molar-refractivity contribution in [3.8, 4) is 0 Å². The van der Waals surface area contributed by atoms with Gasteiger partial charge >= 0.3 is 0 Å². The van der Waals surface area contributed by atoms with Crippen molar-refractivity contribution in [1.82, 2.24) is 4.90 Å². The molecule has 3 rings (SSSR count). The second-order valence-corrected chi connectivity index (χ2v) is 9.00. The summed E-state index contributed by atoms with van der Waals surface area (Å²) >= 11 is 0. The lowest BCUT2D eigenvalue weighted by Gasteiger charge is -2.26. The van der Waals surface area contributed by atoms with E-state index in [4.69, 9.17) is 4.99 Å². The van der Waals surface area contributed by atoms with Gasteiger partial charge in [0, 0.05) is 19.5 Å². The first kappa shape index (κ1) is 21.4. The summed E-state index contributed by atoms with van der Waals surface area (Å²) in [5.74, 6) is 2.18. The van der Waals surface area contributed by atoms with E-state index in [-0.39, 0.29) is 0 Å². The Morgan fingerprint density at radius 1 is 0.929 bits per heavy atom. The minimum Gasteiger partial charge on any atom is -0.360 e. The summed E-state index contributed by atoms with van der Waals surface area (Å²) in [6.45, 7) is 6.96. The average Bonchev–Trinajstić information content (AvgIpc) is 2.97. The van der Waals surface area contributed by atoms with Crippen molar-refractivity contribution in [3.05, 3.63) is 35.4 Å². The molecule has 2 nitrogen and oxygen atoms in total. The fourth-order valence-corrected chi connectivity index (χ4v) is 5.02. The minimum absolute atomic E-state index is 0.341. The van der Waals surface area contributed by atoms with Gasteiger partial charge in [-0.2, -0.15) is 0 Å². The number of aliphatic imine (C=N–C) groups is 1. The maximum atomic E-state index is 5.39. The van der Waals surface area contributed by atoms with E-state index in [1.54, 1.807) is 5.56 Å². The molecule has 1 aromatic carbocycles. The molecule has 1 unspecified atom stereocenters. The number of nitrogens with zero attached hydrogens (tertiary/aromatic N) is 2. The third-order valence-electron chi connectivity index (χ3n) is 6.72. The maximum absolute atomic E-state index is 5.39. The largest absolute Gasteiger partial charge is 0.360 e. The quantitative estimate of drug-likeness (QED) is 0.451. The summed E-state index contributed by atoms with van der Waals surface area (Å²) in [5.41, 5.74) is 2.99. The van der Waals surface area contributed by atoms with Gasteiger partial charge in [-0.15, -0.1) is 0 Å². The van der Waals surface area contributed by atoms with Crippen molar-refractivity contribution in [2.45, 2.75) is 109 Å². The smallest absolute Gasteiger partial charge is 0.0996 e. The van der Waals surface area contributed by atoms with Crippen LogP contribution in [-0.2, 0) is 0 Å². The van der Waals surface area contributed by atoms with Gasteiger partial charge in [0.25, 0.3) is 0 Å². The van der Waals surface area contributed by atoms with Crippen LogP contribution in [0.25, 0.3) is 0 Å². The molecule has 0 aromatic heterocycles. The van der Waals surface area contributed by atoms with Crippen molar-refractivity contribution in [2.24, 2.45) is 4.99 Å². The van der Waals surface area contributed by atoms with E-state index in [1.807, 2.05) is 0 Å². The Hall–Kier alpha value is -1.31. The lowest BCUT2D eigenvalue weighted by atomic mass is 9.83. The Kier molecular flexibility index (Phi) is 8.89. The molecular formula is C26H42N2. The molecule has 156 valence electrons. The molecule has 0 radical (unpaired) electrons. The monoisotopic (exact) mass is 382 g/mol. The predicted molar refractivity (Wildman–Crippen MR) is 122 cm³/mol. The molecule has 1 aliphatic heterocycles. The van der Waals surface area contributed by atoms with E-state index in [2.05, 4.69) is 43.0 Å². The van der Waals surface area contributed by atoms with E-state index in [9.17, 15) is 0 Å². The molecule has 2 heteroatoms. The lowest BCUT2D eigenvalue weighted by molar-refractivity contribution is 0.408. The van der Waals surface area contributed by atoms with Gasteiger partial charge < -0.3 is 4.90 Å². The summed E-state index contributed by atoms with van der Waals surface area (Å²) in [4.78, 5) is 7.97. The minimum atomic E-state index is 0.341. The zero-order valence-corrected chi connectivity index (χ0v) is 18.5. The normalized spacial score (nSPS) is 21.6. The summed E-state index contributed by atoms with van der Waals surface area (Å²) in [6.07, 6.45) is 17.1. The molecule has 2 fully saturated rings. The summed E-state index contributed by atoms with van der Waals surface area (Å²) in [6, 6.07) is 9.97. The number of unbranched alkanes of at least 4 members (excludes halogenated alkanes) is 1. The Balaban J connectivity index is 1.78. The van der Waals surface area contributed by atoms with Crippen LogP contribution in [0, 0.1) is 0 Å². The highest BCUT2D eigenvalue weighted by Crippen LogP contribution is 2.34. The van der Waals surface area contributed by atoms with Crippen molar-refractivity contribution in [2.75, 3.05) is 13.1 Å². The molecule has 0 spiro atoms. The molecule has 1 aromatic rings. The van der Waals surface area contributed by atoms with Gasteiger partial charge in [-0.05, 0) is 55.6 Å². The zero-order chi connectivity index (χ0) is 19.6. The van der Waals surface area contributed by atoms with E-state index in [0.29, 0.717) is 6.04 Å². The van der Waals surface area contributed by atoms with Gasteiger partial charge in [0.15, 0.2) is 0 Å². The van der Waals surface area contributed by atoms with Crippen molar-refractivity contribution >= 4 is 5.84 Å². The number of hydrogen-bond donors (Lipinski definition) is 0. The average molecular weight is 383 g/mol. The zero-order valence-electron chi connectivity index (χ0n) is 18.5. The fourth-order valence-electron chi connectivity index (χ4n) is 5.02. The van der Waals surface area contributed by atoms with Crippen molar-refractivity contribution in [1.29, 1.82) is 0 Å². The highest BCUT2D eigenvalue weighted by molar-refractivity contribution is 5.82. The van der Waals surface area contributed by atoms with Crippen LogP contribution in [0.15, 0.2) is 29.3 Å². The summed E-state index contributed by atoms with van der Waals surface area (Å²) in [5, 5.41) is 0. The molecular weight excluding hydrogens is 340 g/mol. The van der Waals surface area contributed by atoms with Crippen LogP contribution < -0.4 is 0 Å². The maximum Gasteiger partial charge on any atom is 0.0996 e. The molecule has 2 aliphatic rings. The van der Waals surface area contributed by atoms with Crippen LogP contribution in [0.5, 0.6) is 0 Å². The van der Waals surface area contributed by atoms with Gasteiger partial charge in [0.1, 0.15) is 0 Å². The first-order valence-corrected chi connectivity index (χ1v) is 12.2. The third-order valence-corrected chi connectivity index (χ3v) is 6.72. The molecule has 0 N–H and O–H groups in total. The van der Waals surface area contributed by atoms with Gasteiger partial charge in [0.05, 0.1) is 11.9 Å². The van der Waals surface area contributed by atoms with Crippen LogP contribution in [0.3, 0.4) is 0 Å². The third kappa shape index (κ3) is 6.09. The SMILES string of the molecule is CCCCC(N=C1CCCCCN1CCC)c1ccc(C2CCCCC2)cc1. The standard InChI is InChI=1S/C26H42N2/c1-3-5-14-25(27-26-15-10-7-11-21-28(26)20-4-2)24-18-16-23(17-19-24)22-12-8-6-9-13-22/h16-19,22,25H,3-15,20-21H2,1-2H3. The number of amidine groups is 1. The first-order chi connectivity index (χ1) is 13.8. The molecule has 0 bridgehead atoms. The van der Waals surface area contributed by atoms with E-state index in [0.717, 1.165) is 5.92 Å². The topological polar surface area (TPSA) is 15.6 Å². The van der Waals surface area contributed by atoms with E-state index in [1.165, 1.54) is 108 Å². The van der Waals surface area contributed by atoms with Crippen LogP contribution >= 0.6 is 0 Å². The second-order valence-electron chi connectivity index (χ2n) is 9.00. The Morgan fingerprint density at radius 3 is 2.39 bits per heavy atom. The molecule has 1 saturated heterocycles. The summed E-state index contributed by atoms with van der Waals surface area (Å²) < 4.78 is 0. The first-order valence-electron chi connectivity index (χ1n) is 12.2. The van der Waals surface area contributed by atoms with Crippen LogP contribution in [0.2, 0.25) is 0 Å². The number of rotatable bonds is 8. The molecule has 1 saturated carbocycles.